The Bertz CT molecular complexity index is 816. The summed E-state index contributed by atoms with van der Waals surface area (Å²) in [6, 6.07) is 10.8. The molecule has 1 aromatic heterocycles. The predicted molar refractivity (Wildman–Crippen MR) is 102 cm³/mol. The maximum absolute atomic E-state index is 11.6. The number of aromatic nitrogens is 1. The highest BCUT2D eigenvalue weighted by atomic mass is 16.5. The van der Waals surface area contributed by atoms with Gasteiger partial charge in [0.2, 0.25) is 5.56 Å². The van der Waals surface area contributed by atoms with Gasteiger partial charge in [0, 0.05) is 43.5 Å². The second-order valence-electron chi connectivity index (χ2n) is 6.04. The summed E-state index contributed by atoms with van der Waals surface area (Å²) < 4.78 is 13.0. The molecule has 26 heavy (non-hydrogen) atoms. The summed E-state index contributed by atoms with van der Waals surface area (Å²) in [6.07, 6.45) is 4.39. The summed E-state index contributed by atoms with van der Waals surface area (Å²) in [5.74, 6) is 1.82. The number of anilines is 1. The Morgan fingerprint density at radius 2 is 2.00 bits per heavy atom. The molecule has 0 radical (unpaired) electrons. The molecule has 7 heteroatoms. The standard InChI is InChI=1S/C19H24N4O3/c20-19(21-9-2-4-11-23-10-3-1-6-18(23)24)22-15-7-8-16-17(14-15)26-13-5-12-25-16/h1,3,6-8,10,14H,2,4-5,9,11-13H2,(H3,20,21,22). The van der Waals surface area contributed by atoms with E-state index in [1.54, 1.807) is 22.9 Å². The lowest BCUT2D eigenvalue weighted by Crippen LogP contribution is -2.23. The number of nitrogens with one attached hydrogen (secondary N) is 1. The quantitative estimate of drug-likeness (QED) is 0.470. The third-order valence-corrected chi connectivity index (χ3v) is 4.01. The highest BCUT2D eigenvalue weighted by molar-refractivity contribution is 5.92. The van der Waals surface area contributed by atoms with Gasteiger partial charge in [-0.3, -0.25) is 9.79 Å². The van der Waals surface area contributed by atoms with Crippen LogP contribution in [0, 0.1) is 0 Å². The van der Waals surface area contributed by atoms with Gasteiger partial charge in [-0.25, -0.2) is 0 Å². The molecule has 0 aliphatic carbocycles. The van der Waals surface area contributed by atoms with Crippen LogP contribution in [0.5, 0.6) is 11.5 Å². The molecule has 1 aliphatic rings. The molecular weight excluding hydrogens is 332 g/mol. The maximum Gasteiger partial charge on any atom is 0.250 e. The molecule has 3 N–H and O–H groups in total. The first-order valence-corrected chi connectivity index (χ1v) is 8.84. The number of nitrogens with zero attached hydrogens (tertiary/aromatic N) is 2. The summed E-state index contributed by atoms with van der Waals surface area (Å²) in [6.45, 7) is 2.60. The van der Waals surface area contributed by atoms with Crippen molar-refractivity contribution in [2.45, 2.75) is 25.8 Å². The first kappa shape index (κ1) is 17.8. The Balaban J connectivity index is 1.46. The molecule has 1 aromatic carbocycles. The van der Waals surface area contributed by atoms with Gasteiger partial charge in [0.15, 0.2) is 17.5 Å². The molecule has 0 amide bonds. The summed E-state index contributed by atoms with van der Waals surface area (Å²) in [5, 5.41) is 3.07. The minimum Gasteiger partial charge on any atom is -0.490 e. The average Bonchev–Trinajstić information content (AvgIpc) is 2.88. The average molecular weight is 356 g/mol. The van der Waals surface area contributed by atoms with Crippen LogP contribution >= 0.6 is 0 Å². The number of fused-ring (bicyclic) bond motifs is 1. The van der Waals surface area contributed by atoms with E-state index in [2.05, 4.69) is 10.3 Å². The molecule has 0 saturated carbocycles. The fourth-order valence-corrected chi connectivity index (χ4v) is 2.67. The van der Waals surface area contributed by atoms with Gasteiger partial charge in [-0.2, -0.15) is 0 Å². The van der Waals surface area contributed by atoms with Crippen molar-refractivity contribution in [2.75, 3.05) is 25.1 Å². The normalized spacial score (nSPS) is 13.9. The lowest BCUT2D eigenvalue weighted by molar-refractivity contribution is 0.297. The third kappa shape index (κ3) is 5.02. The van der Waals surface area contributed by atoms with E-state index >= 15 is 0 Å². The second kappa shape index (κ2) is 8.94. The van der Waals surface area contributed by atoms with Gasteiger partial charge >= 0.3 is 0 Å². The van der Waals surface area contributed by atoms with E-state index in [4.69, 9.17) is 15.2 Å². The summed E-state index contributed by atoms with van der Waals surface area (Å²) in [7, 11) is 0. The van der Waals surface area contributed by atoms with Crippen molar-refractivity contribution < 1.29 is 9.47 Å². The van der Waals surface area contributed by atoms with Crippen molar-refractivity contribution in [3.8, 4) is 11.5 Å². The summed E-state index contributed by atoms with van der Waals surface area (Å²) in [5.41, 5.74) is 6.77. The molecule has 0 spiro atoms. The maximum atomic E-state index is 11.6. The van der Waals surface area contributed by atoms with E-state index < -0.39 is 0 Å². The number of aryl methyl sites for hydroxylation is 1. The molecule has 0 saturated heterocycles. The topological polar surface area (TPSA) is 90.9 Å². The zero-order chi connectivity index (χ0) is 18.2. The zero-order valence-corrected chi connectivity index (χ0v) is 14.7. The molecule has 0 bridgehead atoms. The summed E-state index contributed by atoms with van der Waals surface area (Å²) >= 11 is 0. The number of hydrogen-bond donors (Lipinski definition) is 2. The van der Waals surface area contributed by atoms with Crippen LogP contribution in [0.25, 0.3) is 0 Å². The number of unbranched alkanes of at least 4 members (excludes halogenated alkanes) is 1. The lowest BCUT2D eigenvalue weighted by Gasteiger charge is -2.10. The highest BCUT2D eigenvalue weighted by Gasteiger charge is 2.10. The van der Waals surface area contributed by atoms with Crippen LogP contribution in [-0.4, -0.2) is 30.3 Å². The number of benzene rings is 1. The van der Waals surface area contributed by atoms with Crippen molar-refractivity contribution in [1.29, 1.82) is 0 Å². The number of ether oxygens (including phenoxy) is 2. The van der Waals surface area contributed by atoms with Crippen molar-refractivity contribution in [1.82, 2.24) is 4.57 Å². The van der Waals surface area contributed by atoms with Crippen LogP contribution in [0.3, 0.4) is 0 Å². The molecule has 2 heterocycles. The van der Waals surface area contributed by atoms with Crippen molar-refractivity contribution >= 4 is 11.6 Å². The SMILES string of the molecule is NC(=NCCCCn1ccccc1=O)Nc1ccc2c(c1)OCCCO2. The zero-order valence-electron chi connectivity index (χ0n) is 14.7. The van der Waals surface area contributed by atoms with Gasteiger partial charge in [-0.15, -0.1) is 0 Å². The fourth-order valence-electron chi connectivity index (χ4n) is 2.67. The Hall–Kier alpha value is -2.96. The van der Waals surface area contributed by atoms with E-state index in [9.17, 15) is 4.79 Å². The number of hydrogen-bond acceptors (Lipinski definition) is 4. The van der Waals surface area contributed by atoms with Crippen LogP contribution in [0.4, 0.5) is 5.69 Å². The van der Waals surface area contributed by atoms with Gasteiger partial charge in [-0.05, 0) is 31.0 Å². The number of nitrogens with two attached hydrogens (primary N) is 1. The van der Waals surface area contributed by atoms with Crippen LogP contribution < -0.4 is 26.1 Å². The number of rotatable bonds is 6. The number of guanidine groups is 1. The van der Waals surface area contributed by atoms with Crippen molar-refractivity contribution in [3.05, 3.63) is 52.9 Å². The molecule has 1 aliphatic heterocycles. The monoisotopic (exact) mass is 356 g/mol. The van der Waals surface area contributed by atoms with Gasteiger partial charge < -0.3 is 25.1 Å². The molecule has 2 aromatic rings. The van der Waals surface area contributed by atoms with Crippen molar-refractivity contribution in [3.63, 3.8) is 0 Å². The second-order valence-corrected chi connectivity index (χ2v) is 6.04. The largest absolute Gasteiger partial charge is 0.490 e. The van der Waals surface area contributed by atoms with Crippen LogP contribution in [0.15, 0.2) is 52.4 Å². The number of pyridine rings is 1. The molecule has 0 atom stereocenters. The predicted octanol–water partition coefficient (Wildman–Crippen LogP) is 2.22. The van der Waals surface area contributed by atoms with Gasteiger partial charge in [-0.1, -0.05) is 6.07 Å². The fraction of sp³-hybridized carbons (Fsp3) is 0.368. The molecule has 0 unspecified atom stereocenters. The summed E-state index contributed by atoms with van der Waals surface area (Å²) in [4.78, 5) is 15.9. The van der Waals surface area contributed by atoms with Gasteiger partial charge in [0.05, 0.1) is 13.2 Å². The van der Waals surface area contributed by atoms with E-state index in [0.29, 0.717) is 38.0 Å². The Kier molecular flexibility index (Phi) is 6.14. The van der Waals surface area contributed by atoms with E-state index in [-0.39, 0.29) is 5.56 Å². The Morgan fingerprint density at radius 1 is 1.15 bits per heavy atom. The van der Waals surface area contributed by atoms with Crippen LogP contribution in [-0.2, 0) is 6.54 Å². The first-order chi connectivity index (χ1) is 12.7. The highest BCUT2D eigenvalue weighted by Crippen LogP contribution is 2.32. The number of aliphatic imine (C=N–C) groups is 1. The van der Waals surface area contributed by atoms with Crippen LogP contribution in [0.1, 0.15) is 19.3 Å². The first-order valence-electron chi connectivity index (χ1n) is 8.84. The molecule has 138 valence electrons. The molecular formula is C19H24N4O3. The Morgan fingerprint density at radius 3 is 2.85 bits per heavy atom. The molecule has 3 rings (SSSR count). The Labute approximate surface area is 152 Å². The third-order valence-electron chi connectivity index (χ3n) is 4.01. The van der Waals surface area contributed by atoms with E-state index in [0.717, 1.165) is 30.7 Å². The smallest absolute Gasteiger partial charge is 0.250 e. The van der Waals surface area contributed by atoms with Crippen molar-refractivity contribution in [2.24, 2.45) is 10.7 Å². The van der Waals surface area contributed by atoms with Crippen LogP contribution in [0.2, 0.25) is 0 Å². The van der Waals surface area contributed by atoms with E-state index in [1.807, 2.05) is 24.3 Å². The van der Waals surface area contributed by atoms with Gasteiger partial charge in [0.25, 0.3) is 0 Å². The molecule has 7 nitrogen and oxygen atoms in total. The lowest BCUT2D eigenvalue weighted by atomic mass is 10.2. The van der Waals surface area contributed by atoms with Gasteiger partial charge in [0.1, 0.15) is 0 Å². The minimum absolute atomic E-state index is 0.0200. The minimum atomic E-state index is 0.0200. The molecule has 0 fully saturated rings. The van der Waals surface area contributed by atoms with E-state index in [1.165, 1.54) is 0 Å².